The van der Waals surface area contributed by atoms with E-state index in [0.717, 1.165) is 56.1 Å². The van der Waals surface area contributed by atoms with Crippen LogP contribution in [-0.4, -0.2) is 41.0 Å². The Morgan fingerprint density at radius 2 is 1.57 bits per heavy atom. The van der Waals surface area contributed by atoms with E-state index in [0.29, 0.717) is 6.54 Å². The van der Waals surface area contributed by atoms with Crippen molar-refractivity contribution >= 4 is 11.3 Å². The summed E-state index contributed by atoms with van der Waals surface area (Å²) in [6, 6.07) is 5.47. The predicted octanol–water partition coefficient (Wildman–Crippen LogP) is 3.48. The molecule has 0 N–H and O–H groups in total. The highest BCUT2D eigenvalue weighted by Crippen LogP contribution is 2.29. The van der Waals surface area contributed by atoms with Crippen molar-refractivity contribution in [3.63, 3.8) is 0 Å². The van der Waals surface area contributed by atoms with Gasteiger partial charge >= 0.3 is 6.18 Å². The van der Waals surface area contributed by atoms with Gasteiger partial charge in [0.25, 0.3) is 0 Å². The van der Waals surface area contributed by atoms with Gasteiger partial charge in [0.2, 0.25) is 0 Å². The van der Waals surface area contributed by atoms with Gasteiger partial charge in [-0.25, -0.2) is 4.98 Å². The van der Waals surface area contributed by atoms with Crippen LogP contribution in [0.25, 0.3) is 0 Å². The SMILES string of the molecule is FC(F)(F)c1ccc(CN2CCN(Cc3cscn3)CC2)cc1. The highest BCUT2D eigenvalue weighted by Gasteiger charge is 2.30. The number of nitrogens with zero attached hydrogens (tertiary/aromatic N) is 3. The predicted molar refractivity (Wildman–Crippen MR) is 84.1 cm³/mol. The van der Waals surface area contributed by atoms with Gasteiger partial charge in [-0.1, -0.05) is 12.1 Å². The minimum atomic E-state index is -4.26. The highest BCUT2D eigenvalue weighted by atomic mass is 32.1. The number of benzene rings is 1. The van der Waals surface area contributed by atoms with E-state index in [1.807, 2.05) is 5.51 Å². The van der Waals surface area contributed by atoms with Crippen LogP contribution in [0.15, 0.2) is 35.2 Å². The molecule has 1 aromatic heterocycles. The van der Waals surface area contributed by atoms with Crippen molar-refractivity contribution < 1.29 is 13.2 Å². The van der Waals surface area contributed by atoms with Gasteiger partial charge in [-0.2, -0.15) is 13.2 Å². The Bertz CT molecular complexity index is 603. The topological polar surface area (TPSA) is 19.4 Å². The summed E-state index contributed by atoms with van der Waals surface area (Å²) in [6.07, 6.45) is -4.26. The van der Waals surface area contributed by atoms with Crippen LogP contribution in [0.1, 0.15) is 16.8 Å². The molecule has 1 fully saturated rings. The van der Waals surface area contributed by atoms with Crippen molar-refractivity contribution in [2.75, 3.05) is 26.2 Å². The number of thiazole rings is 1. The first-order valence-electron chi connectivity index (χ1n) is 7.48. The number of halogens is 3. The minimum Gasteiger partial charge on any atom is -0.297 e. The van der Waals surface area contributed by atoms with Crippen molar-refractivity contribution in [1.29, 1.82) is 0 Å². The summed E-state index contributed by atoms with van der Waals surface area (Å²) >= 11 is 1.61. The quantitative estimate of drug-likeness (QED) is 0.849. The van der Waals surface area contributed by atoms with Crippen LogP contribution in [0.2, 0.25) is 0 Å². The fourth-order valence-electron chi connectivity index (χ4n) is 2.71. The second kappa shape index (κ2) is 6.98. The van der Waals surface area contributed by atoms with E-state index in [1.165, 1.54) is 0 Å². The Hall–Kier alpha value is -1.44. The first kappa shape index (κ1) is 16.4. The van der Waals surface area contributed by atoms with Crippen molar-refractivity contribution in [3.8, 4) is 0 Å². The highest BCUT2D eigenvalue weighted by molar-refractivity contribution is 7.07. The molecule has 3 rings (SSSR count). The Morgan fingerprint density at radius 3 is 2.09 bits per heavy atom. The zero-order chi connectivity index (χ0) is 16.3. The lowest BCUT2D eigenvalue weighted by molar-refractivity contribution is -0.137. The molecule has 1 aliphatic rings. The molecule has 0 aliphatic carbocycles. The van der Waals surface area contributed by atoms with Gasteiger partial charge in [0, 0.05) is 44.6 Å². The molecule has 2 aromatic rings. The maximum atomic E-state index is 12.6. The van der Waals surface area contributed by atoms with E-state index < -0.39 is 11.7 Å². The molecule has 1 aliphatic heterocycles. The summed E-state index contributed by atoms with van der Waals surface area (Å²) < 4.78 is 37.7. The standard InChI is InChI=1S/C16H18F3N3S/c17-16(18,19)14-3-1-13(2-4-14)9-21-5-7-22(8-6-21)10-15-11-23-12-20-15/h1-4,11-12H,5-10H2. The van der Waals surface area contributed by atoms with Crippen LogP contribution in [0.4, 0.5) is 13.2 Å². The lowest BCUT2D eigenvalue weighted by atomic mass is 10.1. The molecule has 2 heterocycles. The normalized spacial score (nSPS) is 17.5. The van der Waals surface area contributed by atoms with Crippen molar-refractivity contribution in [2.45, 2.75) is 19.3 Å². The maximum Gasteiger partial charge on any atom is 0.416 e. The number of aromatic nitrogens is 1. The molecule has 23 heavy (non-hydrogen) atoms. The average Bonchev–Trinajstić information content (AvgIpc) is 3.02. The molecule has 0 saturated carbocycles. The monoisotopic (exact) mass is 341 g/mol. The Balaban J connectivity index is 1.48. The Labute approximate surface area is 137 Å². The number of rotatable bonds is 4. The summed E-state index contributed by atoms with van der Waals surface area (Å²) in [5, 5.41) is 2.06. The number of hydrogen-bond donors (Lipinski definition) is 0. The van der Waals surface area contributed by atoms with Gasteiger partial charge < -0.3 is 0 Å². The molecule has 7 heteroatoms. The second-order valence-electron chi connectivity index (χ2n) is 5.73. The van der Waals surface area contributed by atoms with E-state index in [4.69, 9.17) is 0 Å². The summed E-state index contributed by atoms with van der Waals surface area (Å²) in [6.45, 7) is 5.33. The molecular formula is C16H18F3N3S. The smallest absolute Gasteiger partial charge is 0.297 e. The zero-order valence-corrected chi connectivity index (χ0v) is 13.4. The van der Waals surface area contributed by atoms with Crippen molar-refractivity contribution in [3.05, 3.63) is 52.0 Å². The molecule has 1 aromatic carbocycles. The first-order valence-corrected chi connectivity index (χ1v) is 8.43. The van der Waals surface area contributed by atoms with Crippen LogP contribution in [0.3, 0.4) is 0 Å². The first-order chi connectivity index (χ1) is 11.0. The van der Waals surface area contributed by atoms with Gasteiger partial charge in [-0.15, -0.1) is 11.3 Å². The number of hydrogen-bond acceptors (Lipinski definition) is 4. The molecule has 0 atom stereocenters. The van der Waals surface area contributed by atoms with E-state index in [-0.39, 0.29) is 0 Å². The van der Waals surface area contributed by atoms with Crippen LogP contribution in [0, 0.1) is 0 Å². The van der Waals surface area contributed by atoms with Gasteiger partial charge in [0.15, 0.2) is 0 Å². The molecule has 0 amide bonds. The van der Waals surface area contributed by atoms with Gasteiger partial charge in [0.05, 0.1) is 16.8 Å². The average molecular weight is 341 g/mol. The molecule has 1 saturated heterocycles. The van der Waals surface area contributed by atoms with Crippen LogP contribution < -0.4 is 0 Å². The van der Waals surface area contributed by atoms with Crippen LogP contribution in [0.5, 0.6) is 0 Å². The maximum absolute atomic E-state index is 12.6. The van der Waals surface area contributed by atoms with Crippen molar-refractivity contribution in [2.24, 2.45) is 0 Å². The summed E-state index contributed by atoms with van der Waals surface area (Å²) in [5.41, 5.74) is 3.28. The van der Waals surface area contributed by atoms with E-state index in [2.05, 4.69) is 20.2 Å². The lowest BCUT2D eigenvalue weighted by Gasteiger charge is -2.34. The Morgan fingerprint density at radius 1 is 0.957 bits per heavy atom. The van der Waals surface area contributed by atoms with Crippen LogP contribution in [-0.2, 0) is 19.3 Å². The van der Waals surface area contributed by atoms with Crippen LogP contribution >= 0.6 is 11.3 Å². The zero-order valence-electron chi connectivity index (χ0n) is 12.6. The number of piperazine rings is 1. The largest absolute Gasteiger partial charge is 0.416 e. The van der Waals surface area contributed by atoms with Crippen molar-refractivity contribution in [1.82, 2.24) is 14.8 Å². The van der Waals surface area contributed by atoms with E-state index >= 15 is 0 Å². The number of alkyl halides is 3. The van der Waals surface area contributed by atoms with Gasteiger partial charge in [-0.05, 0) is 17.7 Å². The molecule has 3 nitrogen and oxygen atoms in total. The minimum absolute atomic E-state index is 0.589. The fourth-order valence-corrected chi connectivity index (χ4v) is 3.26. The van der Waals surface area contributed by atoms with Gasteiger partial charge in [-0.3, -0.25) is 9.80 Å². The third-order valence-corrected chi connectivity index (χ3v) is 4.66. The molecule has 124 valence electrons. The molecule has 0 radical (unpaired) electrons. The van der Waals surface area contributed by atoms with Gasteiger partial charge in [0.1, 0.15) is 0 Å². The van der Waals surface area contributed by atoms with E-state index in [9.17, 15) is 13.2 Å². The third-order valence-electron chi connectivity index (χ3n) is 4.02. The summed E-state index contributed by atoms with van der Waals surface area (Å²) in [4.78, 5) is 8.93. The Kier molecular flexibility index (Phi) is 4.99. The van der Waals surface area contributed by atoms with E-state index in [1.54, 1.807) is 23.5 Å². The molecular weight excluding hydrogens is 323 g/mol. The summed E-state index contributed by atoms with van der Waals surface area (Å²) in [7, 11) is 0. The second-order valence-corrected chi connectivity index (χ2v) is 6.45. The summed E-state index contributed by atoms with van der Waals surface area (Å²) in [5.74, 6) is 0. The fraction of sp³-hybridized carbons (Fsp3) is 0.438. The molecule has 0 spiro atoms. The molecule has 0 bridgehead atoms. The lowest BCUT2D eigenvalue weighted by Crippen LogP contribution is -2.45. The third kappa shape index (κ3) is 4.53. The molecule has 0 unspecified atom stereocenters.